The number of benzene rings is 2. The van der Waals surface area contributed by atoms with Crippen LogP contribution in [0.5, 0.6) is 0 Å². The fourth-order valence-electron chi connectivity index (χ4n) is 2.73. The summed E-state index contributed by atoms with van der Waals surface area (Å²) in [4.78, 5) is 5.06. The number of nitrogens with zero attached hydrogens (tertiary/aromatic N) is 1. The number of anilines is 2. The van der Waals surface area contributed by atoms with Crippen LogP contribution in [0.3, 0.4) is 0 Å². The molecule has 0 bridgehead atoms. The molecule has 1 heterocycles. The van der Waals surface area contributed by atoms with Gasteiger partial charge in [0.15, 0.2) is 0 Å². The van der Waals surface area contributed by atoms with E-state index in [0.717, 1.165) is 6.54 Å². The fourth-order valence-corrected chi connectivity index (χ4v) is 3.92. The smallest absolute Gasteiger partial charge is 0.0553 e. The summed E-state index contributed by atoms with van der Waals surface area (Å²) >= 11 is 1.84. The molecule has 0 unspecified atom stereocenters. The summed E-state index contributed by atoms with van der Waals surface area (Å²) in [7, 11) is 0. The second kappa shape index (κ2) is 6.45. The molecule has 0 radical (unpaired) electrons. The average Bonchev–Trinajstić information content (AvgIpc) is 2.57. The van der Waals surface area contributed by atoms with E-state index >= 15 is 0 Å². The SMILES string of the molecule is C=Cc1ccc2c(c1)Sc1cc(C=C)ccc1N2CCCC. The van der Waals surface area contributed by atoms with Crippen molar-refractivity contribution in [1.82, 2.24) is 0 Å². The monoisotopic (exact) mass is 307 g/mol. The van der Waals surface area contributed by atoms with Gasteiger partial charge < -0.3 is 4.90 Å². The second-order valence-electron chi connectivity index (χ2n) is 5.47. The number of unbranched alkanes of at least 4 members (excludes halogenated alkanes) is 1. The zero-order valence-corrected chi connectivity index (χ0v) is 13.8. The molecule has 1 nitrogen and oxygen atoms in total. The molecular formula is C20H21NS. The highest BCUT2D eigenvalue weighted by Gasteiger charge is 2.23. The van der Waals surface area contributed by atoms with E-state index in [1.165, 1.54) is 45.1 Å². The molecule has 1 aliphatic rings. The van der Waals surface area contributed by atoms with Crippen LogP contribution in [0.25, 0.3) is 12.2 Å². The quantitative estimate of drug-likeness (QED) is 0.631. The topological polar surface area (TPSA) is 3.24 Å². The predicted octanol–water partition coefficient (Wildman–Crippen LogP) is 6.38. The minimum absolute atomic E-state index is 1.05. The first-order valence-electron chi connectivity index (χ1n) is 7.75. The Labute approximate surface area is 137 Å². The molecule has 0 fully saturated rings. The Morgan fingerprint density at radius 2 is 1.50 bits per heavy atom. The first-order valence-corrected chi connectivity index (χ1v) is 8.57. The minimum Gasteiger partial charge on any atom is -0.340 e. The molecule has 0 amide bonds. The molecular weight excluding hydrogens is 286 g/mol. The third-order valence-electron chi connectivity index (χ3n) is 3.98. The van der Waals surface area contributed by atoms with Gasteiger partial charge >= 0.3 is 0 Å². The first kappa shape index (κ1) is 15.0. The van der Waals surface area contributed by atoms with Crippen molar-refractivity contribution in [3.8, 4) is 0 Å². The summed E-state index contributed by atoms with van der Waals surface area (Å²) < 4.78 is 0. The molecule has 2 aromatic carbocycles. The van der Waals surface area contributed by atoms with Gasteiger partial charge in [0.05, 0.1) is 11.4 Å². The molecule has 2 heteroatoms. The van der Waals surface area contributed by atoms with Gasteiger partial charge in [-0.15, -0.1) is 0 Å². The van der Waals surface area contributed by atoms with Crippen molar-refractivity contribution < 1.29 is 0 Å². The third kappa shape index (κ3) is 2.71. The van der Waals surface area contributed by atoms with E-state index in [1.54, 1.807) is 0 Å². The molecule has 3 rings (SSSR count). The van der Waals surface area contributed by atoms with Gasteiger partial charge in [-0.2, -0.15) is 0 Å². The Bertz CT molecular complexity index is 660. The molecule has 1 aliphatic heterocycles. The van der Waals surface area contributed by atoms with Gasteiger partial charge in [0.1, 0.15) is 0 Å². The van der Waals surface area contributed by atoms with E-state index in [4.69, 9.17) is 0 Å². The van der Waals surface area contributed by atoms with Crippen molar-refractivity contribution in [3.63, 3.8) is 0 Å². The Kier molecular flexibility index (Phi) is 4.39. The molecule has 0 N–H and O–H groups in total. The number of fused-ring (bicyclic) bond motifs is 2. The molecule has 0 aliphatic carbocycles. The summed E-state index contributed by atoms with van der Waals surface area (Å²) in [5.74, 6) is 0. The maximum Gasteiger partial charge on any atom is 0.0553 e. The highest BCUT2D eigenvalue weighted by atomic mass is 32.2. The average molecular weight is 307 g/mol. The zero-order chi connectivity index (χ0) is 15.5. The second-order valence-corrected chi connectivity index (χ2v) is 6.55. The summed E-state index contributed by atoms with van der Waals surface area (Å²) in [5.41, 5.74) is 4.96. The van der Waals surface area contributed by atoms with Crippen LogP contribution in [0.1, 0.15) is 30.9 Å². The Morgan fingerprint density at radius 1 is 0.955 bits per heavy atom. The highest BCUT2D eigenvalue weighted by molar-refractivity contribution is 7.99. The summed E-state index contributed by atoms with van der Waals surface area (Å²) in [6, 6.07) is 13.2. The third-order valence-corrected chi connectivity index (χ3v) is 5.07. The van der Waals surface area contributed by atoms with Gasteiger partial charge in [-0.1, -0.05) is 62.5 Å². The van der Waals surface area contributed by atoms with Gasteiger partial charge in [-0.25, -0.2) is 0 Å². The van der Waals surface area contributed by atoms with Crippen LogP contribution in [0.4, 0.5) is 11.4 Å². The van der Waals surface area contributed by atoms with Crippen molar-refractivity contribution >= 4 is 35.3 Å². The largest absolute Gasteiger partial charge is 0.340 e. The van der Waals surface area contributed by atoms with Crippen LogP contribution in [0, 0.1) is 0 Å². The van der Waals surface area contributed by atoms with Crippen molar-refractivity contribution in [2.75, 3.05) is 11.4 Å². The lowest BCUT2D eigenvalue weighted by Gasteiger charge is -2.33. The maximum atomic E-state index is 3.88. The van der Waals surface area contributed by atoms with Crippen molar-refractivity contribution in [2.45, 2.75) is 29.6 Å². The zero-order valence-electron chi connectivity index (χ0n) is 13.0. The molecule has 0 aromatic heterocycles. The fraction of sp³-hybridized carbons (Fsp3) is 0.200. The summed E-state index contributed by atoms with van der Waals surface area (Å²) in [5, 5.41) is 0. The highest BCUT2D eigenvalue weighted by Crippen LogP contribution is 2.48. The van der Waals surface area contributed by atoms with Crippen LogP contribution in [0.15, 0.2) is 59.3 Å². The lowest BCUT2D eigenvalue weighted by atomic mass is 10.1. The van der Waals surface area contributed by atoms with E-state index in [9.17, 15) is 0 Å². The van der Waals surface area contributed by atoms with Gasteiger partial charge in [0.2, 0.25) is 0 Å². The standard InChI is InChI=1S/C20H21NS/c1-4-7-12-21-17-10-8-15(5-2)13-19(17)22-20-14-16(6-3)9-11-18(20)21/h5-6,8-11,13-14H,2-4,7,12H2,1H3. The summed E-state index contributed by atoms with van der Waals surface area (Å²) in [6.07, 6.45) is 6.21. The van der Waals surface area contributed by atoms with Gasteiger partial charge in [0, 0.05) is 16.3 Å². The van der Waals surface area contributed by atoms with Crippen LogP contribution >= 0.6 is 11.8 Å². The van der Waals surface area contributed by atoms with Crippen LogP contribution in [-0.4, -0.2) is 6.54 Å². The molecule has 0 saturated heterocycles. The number of rotatable bonds is 5. The Hall–Kier alpha value is -1.93. The molecule has 0 atom stereocenters. The molecule has 0 spiro atoms. The lowest BCUT2D eigenvalue weighted by molar-refractivity contribution is 0.777. The number of hydrogen-bond donors (Lipinski definition) is 0. The van der Waals surface area contributed by atoms with Crippen LogP contribution in [-0.2, 0) is 0 Å². The van der Waals surface area contributed by atoms with E-state index in [1.807, 2.05) is 23.9 Å². The van der Waals surface area contributed by atoms with E-state index in [-0.39, 0.29) is 0 Å². The van der Waals surface area contributed by atoms with Crippen LogP contribution < -0.4 is 4.90 Å². The van der Waals surface area contributed by atoms with Gasteiger partial charge in [0.25, 0.3) is 0 Å². The Balaban J connectivity index is 2.09. The first-order chi connectivity index (χ1) is 10.8. The molecule has 22 heavy (non-hydrogen) atoms. The molecule has 2 aromatic rings. The molecule has 112 valence electrons. The van der Waals surface area contributed by atoms with E-state index in [0.29, 0.717) is 0 Å². The van der Waals surface area contributed by atoms with Crippen molar-refractivity contribution in [1.29, 1.82) is 0 Å². The van der Waals surface area contributed by atoms with E-state index in [2.05, 4.69) is 61.4 Å². The summed E-state index contributed by atoms with van der Waals surface area (Å²) in [6.45, 7) is 11.1. The van der Waals surface area contributed by atoms with Gasteiger partial charge in [-0.05, 0) is 41.8 Å². The maximum absolute atomic E-state index is 3.88. The lowest BCUT2D eigenvalue weighted by Crippen LogP contribution is -2.21. The van der Waals surface area contributed by atoms with Crippen LogP contribution in [0.2, 0.25) is 0 Å². The van der Waals surface area contributed by atoms with Crippen molar-refractivity contribution in [3.05, 3.63) is 60.7 Å². The Morgan fingerprint density at radius 3 is 1.95 bits per heavy atom. The molecule has 0 saturated carbocycles. The predicted molar refractivity (Wildman–Crippen MR) is 99.1 cm³/mol. The van der Waals surface area contributed by atoms with Gasteiger partial charge in [-0.3, -0.25) is 0 Å². The van der Waals surface area contributed by atoms with E-state index < -0.39 is 0 Å². The minimum atomic E-state index is 1.05. The van der Waals surface area contributed by atoms with Crippen molar-refractivity contribution in [2.24, 2.45) is 0 Å². The number of hydrogen-bond acceptors (Lipinski definition) is 2. The normalized spacial score (nSPS) is 12.5.